The fourth-order valence-corrected chi connectivity index (χ4v) is 1.12. The first-order valence-corrected chi connectivity index (χ1v) is 3.33. The van der Waals surface area contributed by atoms with E-state index < -0.39 is 0 Å². The molecular formula is C7H12O2. The molecule has 1 saturated heterocycles. The summed E-state index contributed by atoms with van der Waals surface area (Å²) in [5.74, 6) is 0.552. The Morgan fingerprint density at radius 1 is 1.56 bits per heavy atom. The average Bonchev–Trinajstić information content (AvgIpc) is 1.81. The van der Waals surface area contributed by atoms with Crippen LogP contribution in [-0.2, 0) is 9.53 Å². The SMILES string of the molecule is CC(C)[C@H]1OC(=O)[C@@H]1C. The first-order chi connectivity index (χ1) is 4.13. The van der Waals surface area contributed by atoms with E-state index in [4.69, 9.17) is 4.74 Å². The van der Waals surface area contributed by atoms with Gasteiger partial charge in [0.25, 0.3) is 0 Å². The topological polar surface area (TPSA) is 26.3 Å². The summed E-state index contributed by atoms with van der Waals surface area (Å²) in [4.78, 5) is 10.5. The van der Waals surface area contributed by atoms with E-state index in [0.29, 0.717) is 5.92 Å². The Hall–Kier alpha value is -0.530. The fraction of sp³-hybridized carbons (Fsp3) is 0.857. The van der Waals surface area contributed by atoms with Gasteiger partial charge in [-0.15, -0.1) is 0 Å². The van der Waals surface area contributed by atoms with Gasteiger partial charge < -0.3 is 4.74 Å². The van der Waals surface area contributed by atoms with E-state index in [2.05, 4.69) is 13.8 Å². The van der Waals surface area contributed by atoms with Crippen LogP contribution < -0.4 is 0 Å². The summed E-state index contributed by atoms with van der Waals surface area (Å²) in [6.07, 6.45) is 0.178. The third-order valence-electron chi connectivity index (χ3n) is 1.77. The minimum Gasteiger partial charge on any atom is -0.461 e. The summed E-state index contributed by atoms with van der Waals surface area (Å²) in [6.45, 7) is 6.04. The predicted octanol–water partition coefficient (Wildman–Crippen LogP) is 1.20. The number of hydrogen-bond donors (Lipinski definition) is 0. The molecule has 0 N–H and O–H groups in total. The number of esters is 1. The molecule has 1 fully saturated rings. The molecule has 0 aromatic rings. The highest BCUT2D eigenvalue weighted by Crippen LogP contribution is 2.27. The van der Waals surface area contributed by atoms with E-state index in [1.54, 1.807) is 0 Å². The molecule has 1 aliphatic rings. The second-order valence-electron chi connectivity index (χ2n) is 2.93. The number of cyclic esters (lactones) is 1. The van der Waals surface area contributed by atoms with E-state index in [1.807, 2.05) is 6.92 Å². The van der Waals surface area contributed by atoms with Crippen molar-refractivity contribution in [3.8, 4) is 0 Å². The molecule has 52 valence electrons. The molecule has 0 aliphatic carbocycles. The highest BCUT2D eigenvalue weighted by Gasteiger charge is 2.40. The minimum absolute atomic E-state index is 0.0475. The van der Waals surface area contributed by atoms with Crippen LogP contribution in [0.3, 0.4) is 0 Å². The lowest BCUT2D eigenvalue weighted by Crippen LogP contribution is -2.46. The summed E-state index contributed by atoms with van der Waals surface area (Å²) >= 11 is 0. The Kier molecular flexibility index (Phi) is 1.47. The van der Waals surface area contributed by atoms with E-state index in [-0.39, 0.29) is 18.0 Å². The van der Waals surface area contributed by atoms with Crippen LogP contribution in [-0.4, -0.2) is 12.1 Å². The maximum absolute atomic E-state index is 10.5. The van der Waals surface area contributed by atoms with Gasteiger partial charge >= 0.3 is 5.97 Å². The van der Waals surface area contributed by atoms with Gasteiger partial charge in [0.2, 0.25) is 0 Å². The molecule has 0 radical (unpaired) electrons. The molecule has 0 aromatic carbocycles. The second kappa shape index (κ2) is 2.01. The zero-order chi connectivity index (χ0) is 7.02. The number of carbonyl (C=O) groups is 1. The quantitative estimate of drug-likeness (QED) is 0.496. The van der Waals surface area contributed by atoms with Gasteiger partial charge in [-0.1, -0.05) is 13.8 Å². The van der Waals surface area contributed by atoms with Gasteiger partial charge in [0, 0.05) is 0 Å². The molecular weight excluding hydrogens is 116 g/mol. The molecule has 1 aliphatic heterocycles. The van der Waals surface area contributed by atoms with Crippen LogP contribution in [0.25, 0.3) is 0 Å². The van der Waals surface area contributed by atoms with Gasteiger partial charge in [0.05, 0.1) is 5.92 Å². The fourth-order valence-electron chi connectivity index (χ4n) is 1.12. The maximum atomic E-state index is 10.5. The van der Waals surface area contributed by atoms with Gasteiger partial charge in [-0.05, 0) is 12.8 Å². The van der Waals surface area contributed by atoms with E-state index in [0.717, 1.165) is 0 Å². The van der Waals surface area contributed by atoms with Crippen molar-refractivity contribution in [2.24, 2.45) is 11.8 Å². The molecule has 1 rings (SSSR count). The monoisotopic (exact) mass is 128 g/mol. The Morgan fingerprint density at radius 2 is 2.11 bits per heavy atom. The zero-order valence-corrected chi connectivity index (χ0v) is 6.05. The number of rotatable bonds is 1. The van der Waals surface area contributed by atoms with Gasteiger partial charge in [-0.2, -0.15) is 0 Å². The number of carbonyl (C=O) groups excluding carboxylic acids is 1. The standard InChI is InChI=1S/C7H12O2/c1-4(2)6-5(3)7(8)9-6/h4-6H,1-3H3/t5-,6-/m1/s1. The van der Waals surface area contributed by atoms with E-state index >= 15 is 0 Å². The van der Waals surface area contributed by atoms with Crippen molar-refractivity contribution in [3.63, 3.8) is 0 Å². The molecule has 0 aromatic heterocycles. The molecule has 1 heterocycles. The summed E-state index contributed by atoms with van der Waals surface area (Å²) in [7, 11) is 0. The third-order valence-corrected chi connectivity index (χ3v) is 1.77. The predicted molar refractivity (Wildman–Crippen MR) is 33.9 cm³/mol. The van der Waals surface area contributed by atoms with E-state index in [9.17, 15) is 4.79 Å². The maximum Gasteiger partial charge on any atom is 0.312 e. The van der Waals surface area contributed by atoms with E-state index in [1.165, 1.54) is 0 Å². The first-order valence-electron chi connectivity index (χ1n) is 3.33. The third kappa shape index (κ3) is 0.934. The van der Waals surface area contributed by atoms with Crippen LogP contribution in [0.5, 0.6) is 0 Å². The highest BCUT2D eigenvalue weighted by atomic mass is 16.6. The molecule has 9 heavy (non-hydrogen) atoms. The van der Waals surface area contributed by atoms with Crippen LogP contribution in [0, 0.1) is 11.8 Å². The summed E-state index contributed by atoms with van der Waals surface area (Å²) in [6, 6.07) is 0. The van der Waals surface area contributed by atoms with Crippen LogP contribution in [0.2, 0.25) is 0 Å². The molecule has 0 unspecified atom stereocenters. The normalized spacial score (nSPS) is 34.0. The van der Waals surface area contributed by atoms with Crippen molar-refractivity contribution >= 4 is 5.97 Å². The van der Waals surface area contributed by atoms with Gasteiger partial charge in [0.15, 0.2) is 0 Å². The highest BCUT2D eigenvalue weighted by molar-refractivity contribution is 5.78. The van der Waals surface area contributed by atoms with Crippen molar-refractivity contribution in [1.82, 2.24) is 0 Å². The van der Waals surface area contributed by atoms with Crippen molar-refractivity contribution in [2.45, 2.75) is 26.9 Å². The Bertz CT molecular complexity index is 129. The Labute approximate surface area is 55.2 Å². The largest absolute Gasteiger partial charge is 0.461 e. The van der Waals surface area contributed by atoms with Gasteiger partial charge in [0.1, 0.15) is 6.10 Å². The molecule has 0 amide bonds. The van der Waals surface area contributed by atoms with Gasteiger partial charge in [-0.25, -0.2) is 0 Å². The van der Waals surface area contributed by atoms with Crippen LogP contribution in [0.1, 0.15) is 20.8 Å². The molecule has 2 atom stereocenters. The first kappa shape index (κ1) is 6.59. The van der Waals surface area contributed by atoms with Crippen LogP contribution >= 0.6 is 0 Å². The Balaban J connectivity index is 2.42. The van der Waals surface area contributed by atoms with Gasteiger partial charge in [-0.3, -0.25) is 4.79 Å². The molecule has 0 saturated carbocycles. The molecule has 2 heteroatoms. The number of ether oxygens (including phenoxy) is 1. The van der Waals surface area contributed by atoms with Crippen molar-refractivity contribution in [3.05, 3.63) is 0 Å². The lowest BCUT2D eigenvalue weighted by atomic mass is 9.90. The molecule has 2 nitrogen and oxygen atoms in total. The zero-order valence-electron chi connectivity index (χ0n) is 6.05. The smallest absolute Gasteiger partial charge is 0.312 e. The minimum atomic E-state index is -0.0475. The average molecular weight is 128 g/mol. The van der Waals surface area contributed by atoms with Crippen LogP contribution in [0.4, 0.5) is 0 Å². The van der Waals surface area contributed by atoms with Crippen molar-refractivity contribution < 1.29 is 9.53 Å². The second-order valence-corrected chi connectivity index (χ2v) is 2.93. The van der Waals surface area contributed by atoms with Crippen LogP contribution in [0.15, 0.2) is 0 Å². The molecule has 0 bridgehead atoms. The molecule has 0 spiro atoms. The van der Waals surface area contributed by atoms with Crippen molar-refractivity contribution in [1.29, 1.82) is 0 Å². The lowest BCUT2D eigenvalue weighted by molar-refractivity contribution is -0.187. The summed E-state index contributed by atoms with van der Waals surface area (Å²) in [5.41, 5.74) is 0. The summed E-state index contributed by atoms with van der Waals surface area (Å²) < 4.78 is 4.87. The number of hydrogen-bond acceptors (Lipinski definition) is 2. The lowest BCUT2D eigenvalue weighted by Gasteiger charge is -2.35. The Morgan fingerprint density at radius 3 is 2.22 bits per heavy atom. The van der Waals surface area contributed by atoms with Crippen molar-refractivity contribution in [2.75, 3.05) is 0 Å². The summed E-state index contributed by atoms with van der Waals surface area (Å²) in [5, 5.41) is 0.